The molecule has 0 atom stereocenters. The minimum Gasteiger partial charge on any atom is -0.379 e. The third-order valence-electron chi connectivity index (χ3n) is 2.04. The van der Waals surface area contributed by atoms with Crippen molar-refractivity contribution in [2.75, 3.05) is 26.9 Å². The molecule has 0 aromatic carbocycles. The molecule has 0 aliphatic carbocycles. The molecular weight excluding hydrogens is 156 g/mol. The highest BCUT2D eigenvalue weighted by Crippen LogP contribution is 2.15. The first kappa shape index (κ1) is 9.96. The molecule has 0 N–H and O–H groups in total. The second kappa shape index (κ2) is 5.51. The molecule has 0 unspecified atom stereocenters. The summed E-state index contributed by atoms with van der Waals surface area (Å²) in [6.45, 7) is 4.36. The molecule has 72 valence electrons. The van der Waals surface area contributed by atoms with Gasteiger partial charge in [0.05, 0.1) is 19.8 Å². The van der Waals surface area contributed by atoms with E-state index in [0.717, 1.165) is 13.2 Å². The number of hydrogen-bond donors (Lipinski definition) is 0. The highest BCUT2D eigenvalue weighted by Gasteiger charge is 2.20. The van der Waals surface area contributed by atoms with Gasteiger partial charge in [-0.25, -0.2) is 0 Å². The van der Waals surface area contributed by atoms with E-state index in [1.54, 1.807) is 7.11 Å². The van der Waals surface area contributed by atoms with Crippen LogP contribution in [0.4, 0.5) is 0 Å². The smallest absolute Gasteiger partial charge is 0.180 e. The van der Waals surface area contributed by atoms with Gasteiger partial charge in [0, 0.05) is 13.0 Å². The summed E-state index contributed by atoms with van der Waals surface area (Å²) in [6.07, 6.45) is 2.26. The van der Waals surface area contributed by atoms with Crippen molar-refractivity contribution < 1.29 is 14.2 Å². The molecule has 0 amide bonds. The van der Waals surface area contributed by atoms with Gasteiger partial charge in [0.25, 0.3) is 0 Å². The highest BCUT2D eigenvalue weighted by atomic mass is 16.7. The molecule has 1 fully saturated rings. The van der Waals surface area contributed by atoms with Crippen molar-refractivity contribution in [3.63, 3.8) is 0 Å². The lowest BCUT2D eigenvalue weighted by atomic mass is 10.1. The molecule has 1 rings (SSSR count). The van der Waals surface area contributed by atoms with E-state index >= 15 is 0 Å². The fourth-order valence-electron chi connectivity index (χ4n) is 1.39. The zero-order chi connectivity index (χ0) is 8.81. The summed E-state index contributed by atoms with van der Waals surface area (Å²) in [4.78, 5) is 0. The van der Waals surface area contributed by atoms with Crippen LogP contribution in [-0.2, 0) is 14.2 Å². The predicted molar refractivity (Wildman–Crippen MR) is 46.0 cm³/mol. The summed E-state index contributed by atoms with van der Waals surface area (Å²) in [6, 6.07) is 0. The number of ether oxygens (including phenoxy) is 3. The maximum Gasteiger partial charge on any atom is 0.180 e. The third kappa shape index (κ3) is 3.09. The topological polar surface area (TPSA) is 27.7 Å². The normalized spacial score (nSPS) is 30.5. The van der Waals surface area contributed by atoms with E-state index in [0.29, 0.717) is 12.5 Å². The molecule has 0 aromatic rings. The summed E-state index contributed by atoms with van der Waals surface area (Å²) < 4.78 is 15.8. The lowest BCUT2D eigenvalue weighted by Crippen LogP contribution is -2.34. The molecular formula is C9H18O3. The maximum absolute atomic E-state index is 5.44. The van der Waals surface area contributed by atoms with Crippen molar-refractivity contribution in [1.82, 2.24) is 0 Å². The van der Waals surface area contributed by atoms with Crippen LogP contribution in [0.25, 0.3) is 0 Å². The second-order valence-corrected chi connectivity index (χ2v) is 3.21. The monoisotopic (exact) mass is 174 g/mol. The Kier molecular flexibility index (Phi) is 4.58. The molecule has 0 bridgehead atoms. The van der Waals surface area contributed by atoms with Crippen molar-refractivity contribution in [1.29, 1.82) is 0 Å². The zero-order valence-corrected chi connectivity index (χ0v) is 7.91. The summed E-state index contributed by atoms with van der Waals surface area (Å²) in [7, 11) is 1.66. The Bertz CT molecular complexity index is 94.3. The Labute approximate surface area is 74.0 Å². The quantitative estimate of drug-likeness (QED) is 0.645. The van der Waals surface area contributed by atoms with Gasteiger partial charge in [-0.3, -0.25) is 0 Å². The Morgan fingerprint density at radius 3 is 2.50 bits per heavy atom. The SMILES string of the molecule is CCCC1COC(COC)OC1. The predicted octanol–water partition coefficient (Wildman–Crippen LogP) is 1.42. The van der Waals surface area contributed by atoms with Gasteiger partial charge in [0.1, 0.15) is 0 Å². The molecule has 1 heterocycles. The average Bonchev–Trinajstić information content (AvgIpc) is 2.09. The van der Waals surface area contributed by atoms with Crippen LogP contribution < -0.4 is 0 Å². The van der Waals surface area contributed by atoms with Crippen molar-refractivity contribution in [3.05, 3.63) is 0 Å². The second-order valence-electron chi connectivity index (χ2n) is 3.21. The molecule has 1 aliphatic rings. The fourth-order valence-corrected chi connectivity index (χ4v) is 1.39. The Morgan fingerprint density at radius 1 is 1.33 bits per heavy atom. The minimum absolute atomic E-state index is 0.136. The molecule has 12 heavy (non-hydrogen) atoms. The number of rotatable bonds is 4. The van der Waals surface area contributed by atoms with Crippen LogP contribution in [0.5, 0.6) is 0 Å². The van der Waals surface area contributed by atoms with Crippen LogP contribution in [0.15, 0.2) is 0 Å². The van der Waals surface area contributed by atoms with Crippen molar-refractivity contribution in [2.24, 2.45) is 5.92 Å². The van der Waals surface area contributed by atoms with E-state index in [1.807, 2.05) is 0 Å². The fraction of sp³-hybridized carbons (Fsp3) is 1.00. The summed E-state index contributed by atoms with van der Waals surface area (Å²) in [5.74, 6) is 0.586. The molecule has 0 aromatic heterocycles. The summed E-state index contributed by atoms with van der Waals surface area (Å²) in [5.41, 5.74) is 0. The van der Waals surface area contributed by atoms with Gasteiger partial charge in [0.15, 0.2) is 6.29 Å². The van der Waals surface area contributed by atoms with Gasteiger partial charge >= 0.3 is 0 Å². The van der Waals surface area contributed by atoms with E-state index in [-0.39, 0.29) is 6.29 Å². The lowest BCUT2D eigenvalue weighted by molar-refractivity contribution is -0.218. The van der Waals surface area contributed by atoms with E-state index < -0.39 is 0 Å². The van der Waals surface area contributed by atoms with Crippen LogP contribution in [0.3, 0.4) is 0 Å². The summed E-state index contributed by atoms with van der Waals surface area (Å²) >= 11 is 0. The molecule has 1 saturated heterocycles. The maximum atomic E-state index is 5.44. The van der Waals surface area contributed by atoms with E-state index in [2.05, 4.69) is 6.92 Å². The van der Waals surface area contributed by atoms with Crippen LogP contribution >= 0.6 is 0 Å². The standard InChI is InChI=1S/C9H18O3/c1-3-4-8-5-11-9(7-10-2)12-6-8/h8-9H,3-7H2,1-2H3. The highest BCUT2D eigenvalue weighted by molar-refractivity contribution is 4.62. The van der Waals surface area contributed by atoms with E-state index in [4.69, 9.17) is 14.2 Å². The lowest BCUT2D eigenvalue weighted by Gasteiger charge is -2.28. The van der Waals surface area contributed by atoms with Gasteiger partial charge in [-0.05, 0) is 6.42 Å². The summed E-state index contributed by atoms with van der Waals surface area (Å²) in [5, 5.41) is 0. The minimum atomic E-state index is -0.136. The van der Waals surface area contributed by atoms with Crippen molar-refractivity contribution >= 4 is 0 Å². The van der Waals surface area contributed by atoms with Crippen LogP contribution in [-0.4, -0.2) is 33.2 Å². The number of methoxy groups -OCH3 is 1. The van der Waals surface area contributed by atoms with Gasteiger partial charge < -0.3 is 14.2 Å². The molecule has 1 aliphatic heterocycles. The van der Waals surface area contributed by atoms with Crippen LogP contribution in [0, 0.1) is 5.92 Å². The van der Waals surface area contributed by atoms with Gasteiger partial charge in [-0.2, -0.15) is 0 Å². The Morgan fingerprint density at radius 2 is 2.00 bits per heavy atom. The van der Waals surface area contributed by atoms with Crippen molar-refractivity contribution in [3.8, 4) is 0 Å². The van der Waals surface area contributed by atoms with Gasteiger partial charge in [-0.1, -0.05) is 13.3 Å². The first-order valence-corrected chi connectivity index (χ1v) is 4.59. The van der Waals surface area contributed by atoms with Crippen LogP contribution in [0.1, 0.15) is 19.8 Å². The third-order valence-corrected chi connectivity index (χ3v) is 2.04. The van der Waals surface area contributed by atoms with Gasteiger partial charge in [0.2, 0.25) is 0 Å². The molecule has 3 nitrogen and oxygen atoms in total. The number of hydrogen-bond acceptors (Lipinski definition) is 3. The van der Waals surface area contributed by atoms with Crippen molar-refractivity contribution in [2.45, 2.75) is 26.1 Å². The largest absolute Gasteiger partial charge is 0.379 e. The first-order valence-electron chi connectivity index (χ1n) is 4.59. The average molecular weight is 174 g/mol. The molecule has 0 radical (unpaired) electrons. The molecule has 3 heteroatoms. The van der Waals surface area contributed by atoms with E-state index in [9.17, 15) is 0 Å². The van der Waals surface area contributed by atoms with Gasteiger partial charge in [-0.15, -0.1) is 0 Å². The Hall–Kier alpha value is -0.120. The first-order chi connectivity index (χ1) is 5.86. The molecule has 0 saturated carbocycles. The molecule has 0 spiro atoms. The Balaban J connectivity index is 2.11. The van der Waals surface area contributed by atoms with Crippen LogP contribution in [0.2, 0.25) is 0 Å². The van der Waals surface area contributed by atoms with E-state index in [1.165, 1.54) is 12.8 Å². The zero-order valence-electron chi connectivity index (χ0n) is 7.91.